The summed E-state index contributed by atoms with van der Waals surface area (Å²) in [6.45, 7) is 4.46. The van der Waals surface area contributed by atoms with E-state index in [-0.39, 0.29) is 12.3 Å². The van der Waals surface area contributed by atoms with E-state index in [0.717, 1.165) is 0 Å². The zero-order valence-electron chi connectivity index (χ0n) is 10.3. The van der Waals surface area contributed by atoms with Gasteiger partial charge in [-0.1, -0.05) is 13.8 Å². The first-order chi connectivity index (χ1) is 7.34. The Bertz CT molecular complexity index is 241. The van der Waals surface area contributed by atoms with Crippen LogP contribution in [0.15, 0.2) is 0 Å². The number of likely N-dealkylation sites (N-methyl/N-ethyl adjacent to an activating group) is 1. The third-order valence-electron chi connectivity index (χ3n) is 2.30. The summed E-state index contributed by atoms with van der Waals surface area (Å²) in [7, 11) is 1.66. The van der Waals surface area contributed by atoms with Crippen molar-refractivity contribution in [2.24, 2.45) is 11.7 Å². The molecular weight excluding hydrogens is 208 g/mol. The summed E-state index contributed by atoms with van der Waals surface area (Å²) in [6, 6.07) is -0.477. The molecule has 0 bridgehead atoms. The number of nitrogens with zero attached hydrogens (tertiary/aromatic N) is 1. The fourth-order valence-electron chi connectivity index (χ4n) is 1.47. The molecular formula is C11H22N2O3. The third-order valence-corrected chi connectivity index (χ3v) is 2.30. The van der Waals surface area contributed by atoms with Crippen LogP contribution in [-0.2, 0) is 9.59 Å². The van der Waals surface area contributed by atoms with Crippen LogP contribution in [0.3, 0.4) is 0 Å². The number of carboxylic acid groups (broad SMARTS) is 1. The molecule has 0 radical (unpaired) electrons. The quantitative estimate of drug-likeness (QED) is 0.673. The van der Waals surface area contributed by atoms with E-state index in [4.69, 9.17) is 10.8 Å². The molecule has 0 aliphatic carbocycles. The van der Waals surface area contributed by atoms with Gasteiger partial charge in [0.1, 0.15) is 0 Å². The highest BCUT2D eigenvalue weighted by Gasteiger charge is 2.18. The second-order valence-corrected chi connectivity index (χ2v) is 4.49. The minimum Gasteiger partial charge on any atom is -0.481 e. The van der Waals surface area contributed by atoms with Crippen LogP contribution in [0.25, 0.3) is 0 Å². The van der Waals surface area contributed by atoms with Crippen LogP contribution in [0.5, 0.6) is 0 Å². The van der Waals surface area contributed by atoms with Gasteiger partial charge in [0.05, 0.1) is 6.04 Å². The van der Waals surface area contributed by atoms with Crippen molar-refractivity contribution in [2.45, 2.75) is 39.2 Å². The number of carbonyl (C=O) groups excluding carboxylic acids is 1. The normalized spacial score (nSPS) is 12.6. The Hall–Kier alpha value is -1.10. The third kappa shape index (κ3) is 6.40. The van der Waals surface area contributed by atoms with Gasteiger partial charge in [-0.25, -0.2) is 0 Å². The molecule has 0 aromatic heterocycles. The Labute approximate surface area is 96.6 Å². The lowest BCUT2D eigenvalue weighted by atomic mass is 10.0. The maximum absolute atomic E-state index is 11.7. The van der Waals surface area contributed by atoms with Gasteiger partial charge in [-0.15, -0.1) is 0 Å². The molecule has 0 aliphatic heterocycles. The Morgan fingerprint density at radius 3 is 2.38 bits per heavy atom. The highest BCUT2D eigenvalue weighted by atomic mass is 16.4. The first-order valence-electron chi connectivity index (χ1n) is 5.57. The number of hydrogen-bond donors (Lipinski definition) is 2. The van der Waals surface area contributed by atoms with E-state index in [2.05, 4.69) is 0 Å². The SMILES string of the molecule is CC(C)C[C@@H](N)C(=O)N(C)CCCC(=O)O. The van der Waals surface area contributed by atoms with Crippen LogP contribution in [-0.4, -0.2) is 41.5 Å². The summed E-state index contributed by atoms with van der Waals surface area (Å²) < 4.78 is 0. The van der Waals surface area contributed by atoms with Gasteiger partial charge in [0.15, 0.2) is 0 Å². The fourth-order valence-corrected chi connectivity index (χ4v) is 1.47. The molecule has 94 valence electrons. The first kappa shape index (κ1) is 14.9. The van der Waals surface area contributed by atoms with E-state index >= 15 is 0 Å². The second kappa shape index (κ2) is 7.22. The van der Waals surface area contributed by atoms with Gasteiger partial charge in [0.25, 0.3) is 0 Å². The van der Waals surface area contributed by atoms with E-state index in [1.54, 1.807) is 7.05 Å². The number of aliphatic carboxylic acids is 1. The molecule has 0 rings (SSSR count). The van der Waals surface area contributed by atoms with Crippen molar-refractivity contribution in [3.63, 3.8) is 0 Å². The number of nitrogens with two attached hydrogens (primary N) is 1. The van der Waals surface area contributed by atoms with E-state index < -0.39 is 12.0 Å². The number of carbonyl (C=O) groups is 2. The lowest BCUT2D eigenvalue weighted by molar-refractivity contribution is -0.138. The average molecular weight is 230 g/mol. The lowest BCUT2D eigenvalue weighted by Gasteiger charge is -2.22. The maximum Gasteiger partial charge on any atom is 0.303 e. The van der Waals surface area contributed by atoms with Crippen molar-refractivity contribution >= 4 is 11.9 Å². The average Bonchev–Trinajstić information content (AvgIpc) is 2.14. The van der Waals surface area contributed by atoms with E-state index in [9.17, 15) is 9.59 Å². The number of rotatable bonds is 7. The van der Waals surface area contributed by atoms with Crippen molar-refractivity contribution in [3.05, 3.63) is 0 Å². The molecule has 16 heavy (non-hydrogen) atoms. The molecule has 0 heterocycles. The Balaban J connectivity index is 3.93. The van der Waals surface area contributed by atoms with Gasteiger partial charge >= 0.3 is 5.97 Å². The Morgan fingerprint density at radius 1 is 1.38 bits per heavy atom. The van der Waals surface area contributed by atoms with Gasteiger partial charge in [-0.05, 0) is 18.8 Å². The number of carboxylic acids is 1. The standard InChI is InChI=1S/C11H22N2O3/c1-8(2)7-9(12)11(16)13(3)6-4-5-10(14)15/h8-9H,4-7,12H2,1-3H3,(H,14,15)/t9-/m1/s1. The molecule has 5 heteroatoms. The summed E-state index contributed by atoms with van der Waals surface area (Å²) in [6.07, 6.45) is 1.20. The summed E-state index contributed by atoms with van der Waals surface area (Å²) >= 11 is 0. The summed E-state index contributed by atoms with van der Waals surface area (Å²) in [5.74, 6) is -0.571. The van der Waals surface area contributed by atoms with Crippen molar-refractivity contribution in [1.29, 1.82) is 0 Å². The van der Waals surface area contributed by atoms with Gasteiger partial charge in [0.2, 0.25) is 5.91 Å². The molecule has 3 N–H and O–H groups in total. The molecule has 0 aromatic carbocycles. The maximum atomic E-state index is 11.7. The van der Waals surface area contributed by atoms with Crippen molar-refractivity contribution in [2.75, 3.05) is 13.6 Å². The first-order valence-corrected chi connectivity index (χ1v) is 5.57. The van der Waals surface area contributed by atoms with Gasteiger partial charge < -0.3 is 15.7 Å². The van der Waals surface area contributed by atoms with Gasteiger partial charge in [0, 0.05) is 20.0 Å². The van der Waals surface area contributed by atoms with Crippen LogP contribution in [0.4, 0.5) is 0 Å². The predicted octanol–water partition coefficient (Wildman–Crippen LogP) is 0.683. The molecule has 0 aromatic rings. The summed E-state index contributed by atoms with van der Waals surface area (Å²) in [5, 5.41) is 8.46. The molecule has 1 atom stereocenters. The van der Waals surface area contributed by atoms with Crippen LogP contribution in [0, 0.1) is 5.92 Å². The smallest absolute Gasteiger partial charge is 0.303 e. The van der Waals surface area contributed by atoms with Crippen LogP contribution in [0.1, 0.15) is 33.1 Å². The summed E-state index contributed by atoms with van der Waals surface area (Å²) in [5.41, 5.74) is 5.74. The van der Waals surface area contributed by atoms with E-state index in [0.29, 0.717) is 25.3 Å². The van der Waals surface area contributed by atoms with Gasteiger partial charge in [-0.3, -0.25) is 9.59 Å². The molecule has 5 nitrogen and oxygen atoms in total. The largest absolute Gasteiger partial charge is 0.481 e. The monoisotopic (exact) mass is 230 g/mol. The number of hydrogen-bond acceptors (Lipinski definition) is 3. The summed E-state index contributed by atoms with van der Waals surface area (Å²) in [4.78, 5) is 23.5. The molecule has 0 fully saturated rings. The van der Waals surface area contributed by atoms with Crippen LogP contribution < -0.4 is 5.73 Å². The zero-order chi connectivity index (χ0) is 12.7. The Kier molecular flexibility index (Phi) is 6.72. The molecule has 0 aliphatic rings. The van der Waals surface area contributed by atoms with Crippen LogP contribution in [0.2, 0.25) is 0 Å². The lowest BCUT2D eigenvalue weighted by Crippen LogP contribution is -2.42. The molecule has 1 amide bonds. The van der Waals surface area contributed by atoms with Crippen LogP contribution >= 0.6 is 0 Å². The van der Waals surface area contributed by atoms with E-state index in [1.807, 2.05) is 13.8 Å². The number of amides is 1. The second-order valence-electron chi connectivity index (χ2n) is 4.49. The van der Waals surface area contributed by atoms with Crippen molar-refractivity contribution in [3.8, 4) is 0 Å². The molecule has 0 saturated heterocycles. The highest BCUT2D eigenvalue weighted by Crippen LogP contribution is 2.05. The van der Waals surface area contributed by atoms with Crippen molar-refractivity contribution < 1.29 is 14.7 Å². The topological polar surface area (TPSA) is 83.6 Å². The minimum absolute atomic E-state index is 0.0804. The fraction of sp³-hybridized carbons (Fsp3) is 0.818. The van der Waals surface area contributed by atoms with E-state index in [1.165, 1.54) is 4.90 Å². The predicted molar refractivity (Wildman–Crippen MR) is 61.9 cm³/mol. The molecule has 0 spiro atoms. The molecule has 0 saturated carbocycles. The molecule has 0 unspecified atom stereocenters. The highest BCUT2D eigenvalue weighted by molar-refractivity contribution is 5.81. The zero-order valence-corrected chi connectivity index (χ0v) is 10.3. The minimum atomic E-state index is -0.840. The Morgan fingerprint density at radius 2 is 1.94 bits per heavy atom. The van der Waals surface area contributed by atoms with Gasteiger partial charge in [-0.2, -0.15) is 0 Å². The van der Waals surface area contributed by atoms with Crippen molar-refractivity contribution in [1.82, 2.24) is 4.90 Å².